The maximum atomic E-state index is 4.31. The zero-order chi connectivity index (χ0) is 13.7. The third-order valence-corrected chi connectivity index (χ3v) is 4.69. The molecule has 0 unspecified atom stereocenters. The molecule has 0 bridgehead atoms. The molecule has 1 aliphatic carbocycles. The van der Waals surface area contributed by atoms with Crippen LogP contribution < -0.4 is 10.6 Å². The average molecular weight is 277 g/mol. The summed E-state index contributed by atoms with van der Waals surface area (Å²) in [5.74, 6) is 0.901. The molecule has 0 aromatic carbocycles. The van der Waals surface area contributed by atoms with Crippen molar-refractivity contribution in [2.75, 3.05) is 13.6 Å². The van der Waals surface area contributed by atoms with Gasteiger partial charge in [0.15, 0.2) is 5.96 Å². The fraction of sp³-hybridized carbons (Fsp3) is 0.533. The fourth-order valence-corrected chi connectivity index (χ4v) is 3.03. The van der Waals surface area contributed by atoms with E-state index < -0.39 is 0 Å². The summed E-state index contributed by atoms with van der Waals surface area (Å²) in [6.07, 6.45) is 6.63. The lowest BCUT2D eigenvalue weighted by Gasteiger charge is -2.26. The molecule has 3 nitrogen and oxygen atoms in total. The summed E-state index contributed by atoms with van der Waals surface area (Å²) >= 11 is 1.81. The van der Waals surface area contributed by atoms with E-state index in [4.69, 9.17) is 0 Å². The van der Waals surface area contributed by atoms with Gasteiger partial charge in [0.2, 0.25) is 0 Å². The van der Waals surface area contributed by atoms with E-state index in [1.165, 1.54) is 4.88 Å². The van der Waals surface area contributed by atoms with E-state index in [0.717, 1.165) is 25.3 Å². The van der Waals surface area contributed by atoms with Crippen molar-refractivity contribution in [2.45, 2.75) is 38.1 Å². The number of hydrogen-bond donors (Lipinski definition) is 2. The molecule has 4 heteroatoms. The van der Waals surface area contributed by atoms with E-state index in [2.05, 4.69) is 59.1 Å². The van der Waals surface area contributed by atoms with Crippen LogP contribution >= 0.6 is 11.3 Å². The van der Waals surface area contributed by atoms with Crippen molar-refractivity contribution < 1.29 is 0 Å². The highest BCUT2D eigenvalue weighted by atomic mass is 32.1. The summed E-state index contributed by atoms with van der Waals surface area (Å²) in [6.45, 7) is 5.40. The molecule has 0 saturated heterocycles. The third kappa shape index (κ3) is 3.83. The highest BCUT2D eigenvalue weighted by molar-refractivity contribution is 7.10. The number of thiophene rings is 1. The van der Waals surface area contributed by atoms with Gasteiger partial charge in [-0.1, -0.05) is 32.1 Å². The monoisotopic (exact) mass is 277 g/mol. The molecule has 0 saturated carbocycles. The smallest absolute Gasteiger partial charge is 0.191 e. The van der Waals surface area contributed by atoms with Crippen LogP contribution in [-0.2, 0) is 5.41 Å². The van der Waals surface area contributed by atoms with E-state index in [0.29, 0.717) is 6.04 Å². The van der Waals surface area contributed by atoms with Gasteiger partial charge < -0.3 is 10.6 Å². The van der Waals surface area contributed by atoms with Crippen LogP contribution in [0.5, 0.6) is 0 Å². The number of nitrogens with zero attached hydrogens (tertiary/aromatic N) is 1. The maximum Gasteiger partial charge on any atom is 0.191 e. The van der Waals surface area contributed by atoms with Gasteiger partial charge in [0, 0.05) is 29.9 Å². The van der Waals surface area contributed by atoms with Crippen LogP contribution in [0, 0.1) is 0 Å². The molecular weight excluding hydrogens is 254 g/mol. The lowest BCUT2D eigenvalue weighted by molar-refractivity contribution is 0.513. The summed E-state index contributed by atoms with van der Waals surface area (Å²) in [6, 6.07) is 4.80. The van der Waals surface area contributed by atoms with Gasteiger partial charge in [-0.2, -0.15) is 0 Å². The molecule has 0 radical (unpaired) electrons. The first-order valence-electron chi connectivity index (χ1n) is 6.78. The molecule has 2 N–H and O–H groups in total. The van der Waals surface area contributed by atoms with Gasteiger partial charge in [0.1, 0.15) is 0 Å². The second kappa shape index (κ2) is 6.24. The number of nitrogens with one attached hydrogen (secondary N) is 2. The maximum absolute atomic E-state index is 4.31. The molecule has 0 aliphatic heterocycles. The normalized spacial score (nSPS) is 16.9. The van der Waals surface area contributed by atoms with Gasteiger partial charge in [0.05, 0.1) is 0 Å². The zero-order valence-corrected chi connectivity index (χ0v) is 12.8. The molecule has 0 amide bonds. The summed E-state index contributed by atoms with van der Waals surface area (Å²) in [7, 11) is 1.83. The van der Waals surface area contributed by atoms with Crippen molar-refractivity contribution >= 4 is 17.3 Å². The lowest BCUT2D eigenvalue weighted by Crippen LogP contribution is -2.46. The summed E-state index contributed by atoms with van der Waals surface area (Å²) in [4.78, 5) is 5.71. The van der Waals surface area contributed by atoms with Crippen molar-refractivity contribution in [1.82, 2.24) is 10.6 Å². The summed E-state index contributed by atoms with van der Waals surface area (Å²) < 4.78 is 0. The van der Waals surface area contributed by atoms with E-state index in [1.807, 2.05) is 18.4 Å². The minimum atomic E-state index is 0.125. The van der Waals surface area contributed by atoms with Crippen molar-refractivity contribution in [3.05, 3.63) is 34.5 Å². The third-order valence-electron chi connectivity index (χ3n) is 3.46. The predicted molar refractivity (Wildman–Crippen MR) is 84.0 cm³/mol. The minimum absolute atomic E-state index is 0.125. The van der Waals surface area contributed by atoms with Crippen LogP contribution in [0.3, 0.4) is 0 Å². The van der Waals surface area contributed by atoms with Gasteiger partial charge in [-0.05, 0) is 24.3 Å². The van der Waals surface area contributed by atoms with Crippen LogP contribution in [0.15, 0.2) is 34.7 Å². The highest BCUT2D eigenvalue weighted by Gasteiger charge is 2.22. The molecule has 2 rings (SSSR count). The number of aliphatic imine (C=N–C) groups is 1. The second-order valence-corrected chi connectivity index (χ2v) is 6.52. The number of hydrogen-bond acceptors (Lipinski definition) is 2. The van der Waals surface area contributed by atoms with Crippen LogP contribution in [0.2, 0.25) is 0 Å². The molecule has 19 heavy (non-hydrogen) atoms. The second-order valence-electron chi connectivity index (χ2n) is 5.57. The van der Waals surface area contributed by atoms with Gasteiger partial charge in [0.25, 0.3) is 0 Å². The minimum Gasteiger partial charge on any atom is -0.356 e. The zero-order valence-electron chi connectivity index (χ0n) is 11.9. The largest absolute Gasteiger partial charge is 0.356 e. The average Bonchev–Trinajstić information content (AvgIpc) is 3.07. The summed E-state index contributed by atoms with van der Waals surface area (Å²) in [5, 5.41) is 9.04. The molecule has 1 aliphatic rings. The molecule has 0 fully saturated rings. The SMILES string of the molecule is CN=C(NCC(C)(C)c1cccs1)NC1CC=CC1. The van der Waals surface area contributed by atoms with Crippen molar-refractivity contribution in [3.63, 3.8) is 0 Å². The Morgan fingerprint density at radius 3 is 2.74 bits per heavy atom. The van der Waals surface area contributed by atoms with Crippen molar-refractivity contribution in [1.29, 1.82) is 0 Å². The van der Waals surface area contributed by atoms with Crippen molar-refractivity contribution in [2.24, 2.45) is 4.99 Å². The molecular formula is C15H23N3S. The van der Waals surface area contributed by atoms with Crippen LogP contribution in [-0.4, -0.2) is 25.6 Å². The Labute approximate surface area is 119 Å². The molecule has 104 valence electrons. The van der Waals surface area contributed by atoms with E-state index in [9.17, 15) is 0 Å². The topological polar surface area (TPSA) is 36.4 Å². The Hall–Kier alpha value is -1.29. The summed E-state index contributed by atoms with van der Waals surface area (Å²) in [5.41, 5.74) is 0.125. The Kier molecular flexibility index (Phi) is 4.64. The Bertz CT molecular complexity index is 438. The molecule has 1 heterocycles. The number of rotatable bonds is 4. The lowest BCUT2D eigenvalue weighted by atomic mass is 9.91. The predicted octanol–water partition coefficient (Wildman–Crippen LogP) is 2.91. The quantitative estimate of drug-likeness (QED) is 0.504. The van der Waals surface area contributed by atoms with Gasteiger partial charge >= 0.3 is 0 Å². The van der Waals surface area contributed by atoms with E-state index in [-0.39, 0.29) is 5.41 Å². The fourth-order valence-electron chi connectivity index (χ4n) is 2.18. The Morgan fingerprint density at radius 1 is 1.42 bits per heavy atom. The van der Waals surface area contributed by atoms with Crippen LogP contribution in [0.4, 0.5) is 0 Å². The molecule has 0 atom stereocenters. The first-order chi connectivity index (χ1) is 9.12. The van der Waals surface area contributed by atoms with Gasteiger partial charge in [-0.15, -0.1) is 11.3 Å². The molecule has 1 aromatic rings. The molecule has 1 aromatic heterocycles. The standard InChI is InChI=1S/C15H23N3S/c1-15(2,13-9-6-10-19-13)11-17-14(16-3)18-12-7-4-5-8-12/h4-6,9-10,12H,7-8,11H2,1-3H3,(H2,16,17,18). The highest BCUT2D eigenvalue weighted by Crippen LogP contribution is 2.26. The Morgan fingerprint density at radius 2 is 2.16 bits per heavy atom. The van der Waals surface area contributed by atoms with Gasteiger partial charge in [-0.25, -0.2) is 0 Å². The first-order valence-corrected chi connectivity index (χ1v) is 7.66. The first kappa shape index (κ1) is 14.1. The van der Waals surface area contributed by atoms with Crippen LogP contribution in [0.1, 0.15) is 31.6 Å². The van der Waals surface area contributed by atoms with Crippen molar-refractivity contribution in [3.8, 4) is 0 Å². The number of guanidine groups is 1. The van der Waals surface area contributed by atoms with Gasteiger partial charge in [-0.3, -0.25) is 4.99 Å². The Balaban J connectivity index is 1.86. The van der Waals surface area contributed by atoms with Crippen LogP contribution in [0.25, 0.3) is 0 Å². The van der Waals surface area contributed by atoms with E-state index in [1.54, 1.807) is 0 Å². The molecule has 0 spiro atoms. The van der Waals surface area contributed by atoms with E-state index >= 15 is 0 Å².